The van der Waals surface area contributed by atoms with Crippen LogP contribution in [0.1, 0.15) is 5.56 Å². The fourth-order valence-corrected chi connectivity index (χ4v) is 3.10. The normalized spacial score (nSPS) is 11.2. The van der Waals surface area contributed by atoms with Crippen LogP contribution in [0.2, 0.25) is 0 Å². The van der Waals surface area contributed by atoms with Crippen LogP contribution in [0.4, 0.5) is 35.4 Å². The Morgan fingerprint density at radius 2 is 1.57 bits per heavy atom. The molecule has 1 N–H and O–H groups in total. The second-order valence-corrected chi connectivity index (χ2v) is 6.29. The van der Waals surface area contributed by atoms with Crippen molar-refractivity contribution in [2.45, 2.75) is 6.18 Å². The zero-order valence-corrected chi connectivity index (χ0v) is 14.5. The van der Waals surface area contributed by atoms with Crippen molar-refractivity contribution in [2.75, 3.05) is 5.32 Å². The summed E-state index contributed by atoms with van der Waals surface area (Å²) >= 11 is 1.00. The lowest BCUT2D eigenvalue weighted by molar-refractivity contribution is -0.392. The highest BCUT2D eigenvalue weighted by Crippen LogP contribution is 2.42. The summed E-state index contributed by atoms with van der Waals surface area (Å²) in [5.74, 6) is 0. The zero-order chi connectivity index (χ0) is 20.5. The quantitative estimate of drug-likeness (QED) is 0.446. The van der Waals surface area contributed by atoms with Crippen LogP contribution < -0.4 is 5.32 Å². The van der Waals surface area contributed by atoms with Crippen molar-refractivity contribution in [3.63, 3.8) is 0 Å². The van der Waals surface area contributed by atoms with Gasteiger partial charge in [-0.15, -0.1) is 11.3 Å². The van der Waals surface area contributed by atoms with Gasteiger partial charge < -0.3 is 5.32 Å². The second-order valence-electron chi connectivity index (χ2n) is 5.43. The van der Waals surface area contributed by atoms with E-state index in [4.69, 9.17) is 0 Å². The number of aromatic nitrogens is 1. The number of hydrogen-bond donors (Lipinski definition) is 1. The van der Waals surface area contributed by atoms with Crippen LogP contribution in [0, 0.1) is 20.2 Å². The van der Waals surface area contributed by atoms with Crippen LogP contribution >= 0.6 is 11.3 Å². The Morgan fingerprint density at radius 1 is 1.00 bits per heavy atom. The van der Waals surface area contributed by atoms with E-state index in [0.29, 0.717) is 5.69 Å². The molecule has 1 heterocycles. The largest absolute Gasteiger partial charge is 0.416 e. The Morgan fingerprint density at radius 3 is 2.07 bits per heavy atom. The number of nitrogens with zero attached hydrogens (tertiary/aromatic N) is 3. The van der Waals surface area contributed by atoms with E-state index >= 15 is 0 Å². The van der Waals surface area contributed by atoms with Crippen molar-refractivity contribution in [3.05, 3.63) is 73.6 Å². The van der Waals surface area contributed by atoms with Gasteiger partial charge in [-0.05, 0) is 0 Å². The van der Waals surface area contributed by atoms with E-state index in [9.17, 15) is 33.4 Å². The molecule has 2 aromatic carbocycles. The Bertz CT molecular complexity index is 1020. The number of nitro groups is 2. The van der Waals surface area contributed by atoms with Gasteiger partial charge in [0.1, 0.15) is 0 Å². The van der Waals surface area contributed by atoms with Crippen LogP contribution in [0.15, 0.2) is 47.8 Å². The zero-order valence-electron chi connectivity index (χ0n) is 13.6. The average molecular weight is 410 g/mol. The Labute approximate surface area is 158 Å². The maximum Gasteiger partial charge on any atom is 0.416 e. The minimum absolute atomic E-state index is 0.0600. The minimum Gasteiger partial charge on any atom is -0.320 e. The molecule has 0 radical (unpaired) electrons. The molecule has 0 amide bonds. The van der Waals surface area contributed by atoms with Gasteiger partial charge >= 0.3 is 6.18 Å². The van der Waals surface area contributed by atoms with E-state index in [2.05, 4.69) is 10.3 Å². The molecule has 144 valence electrons. The molecule has 0 unspecified atom stereocenters. The van der Waals surface area contributed by atoms with Crippen LogP contribution in [0.5, 0.6) is 0 Å². The van der Waals surface area contributed by atoms with Gasteiger partial charge in [0, 0.05) is 23.1 Å². The summed E-state index contributed by atoms with van der Waals surface area (Å²) in [5, 5.41) is 26.6. The third-order valence-electron chi connectivity index (χ3n) is 3.62. The highest BCUT2D eigenvalue weighted by molar-refractivity contribution is 7.14. The maximum atomic E-state index is 12.9. The number of anilines is 2. The molecule has 0 aliphatic rings. The van der Waals surface area contributed by atoms with E-state index in [0.717, 1.165) is 16.9 Å². The number of halogens is 3. The van der Waals surface area contributed by atoms with Crippen LogP contribution in [-0.4, -0.2) is 14.8 Å². The smallest absolute Gasteiger partial charge is 0.320 e. The summed E-state index contributed by atoms with van der Waals surface area (Å²) in [4.78, 5) is 24.5. The second kappa shape index (κ2) is 7.23. The Hall–Kier alpha value is -3.54. The number of rotatable bonds is 5. The van der Waals surface area contributed by atoms with Gasteiger partial charge in [-0.2, -0.15) is 13.2 Å². The topological polar surface area (TPSA) is 111 Å². The molecule has 0 spiro atoms. The molecule has 3 rings (SSSR count). The van der Waals surface area contributed by atoms with Crippen molar-refractivity contribution in [1.29, 1.82) is 0 Å². The number of nitro benzene ring substituents is 2. The molecule has 0 saturated carbocycles. The third kappa shape index (κ3) is 3.91. The number of nitrogens with one attached hydrogen (secondary N) is 1. The Balaban J connectivity index is 2.07. The predicted octanol–water partition coefficient (Wildman–Crippen LogP) is 5.39. The molecule has 8 nitrogen and oxygen atoms in total. The highest BCUT2D eigenvalue weighted by atomic mass is 32.1. The van der Waals surface area contributed by atoms with Gasteiger partial charge in [0.15, 0.2) is 10.8 Å². The van der Waals surface area contributed by atoms with Gasteiger partial charge in [0.05, 0.1) is 21.1 Å². The van der Waals surface area contributed by atoms with Crippen molar-refractivity contribution in [1.82, 2.24) is 4.98 Å². The van der Waals surface area contributed by atoms with Gasteiger partial charge in [-0.25, -0.2) is 4.98 Å². The van der Waals surface area contributed by atoms with Gasteiger partial charge in [0.2, 0.25) is 0 Å². The molecule has 3 aromatic rings. The maximum absolute atomic E-state index is 12.9. The summed E-state index contributed by atoms with van der Waals surface area (Å²) in [6.07, 6.45) is -4.98. The molecular weight excluding hydrogens is 401 g/mol. The minimum atomic E-state index is -4.98. The van der Waals surface area contributed by atoms with Crippen molar-refractivity contribution in [2.24, 2.45) is 0 Å². The third-order valence-corrected chi connectivity index (χ3v) is 4.38. The Kier molecular flexibility index (Phi) is 4.96. The standard InChI is InChI=1S/C16H9F3N4O4S/c17-16(18,19)10-6-12(22(24)25)14(13(7-10)23(26)27)21-15-20-11(8-28-15)9-4-2-1-3-5-9/h1-8H,(H,20,21). The van der Waals surface area contributed by atoms with Gasteiger partial charge in [0.25, 0.3) is 11.4 Å². The van der Waals surface area contributed by atoms with Crippen molar-refractivity contribution >= 4 is 33.5 Å². The fourth-order valence-electron chi connectivity index (χ4n) is 2.37. The number of alkyl halides is 3. The molecule has 0 fully saturated rings. The molecule has 28 heavy (non-hydrogen) atoms. The highest BCUT2D eigenvalue weighted by Gasteiger charge is 2.37. The molecular formula is C16H9F3N4O4S. The van der Waals surface area contributed by atoms with E-state index in [1.165, 1.54) is 0 Å². The fraction of sp³-hybridized carbons (Fsp3) is 0.0625. The van der Waals surface area contributed by atoms with Crippen molar-refractivity contribution in [3.8, 4) is 11.3 Å². The van der Waals surface area contributed by atoms with Gasteiger partial charge in [-0.3, -0.25) is 20.2 Å². The summed E-state index contributed by atoms with van der Waals surface area (Å²) in [5.41, 5.74) is -3.05. The van der Waals surface area contributed by atoms with E-state index in [-0.39, 0.29) is 17.3 Å². The SMILES string of the molecule is O=[N+]([O-])c1cc(C(F)(F)F)cc([N+](=O)[O-])c1Nc1nc(-c2ccccc2)cs1. The lowest BCUT2D eigenvalue weighted by Crippen LogP contribution is -2.09. The lowest BCUT2D eigenvalue weighted by Gasteiger charge is -2.10. The molecule has 0 bridgehead atoms. The van der Waals surface area contributed by atoms with E-state index in [1.807, 2.05) is 0 Å². The molecule has 0 atom stereocenters. The van der Waals surface area contributed by atoms with E-state index < -0.39 is 38.6 Å². The number of benzene rings is 2. The molecule has 0 saturated heterocycles. The predicted molar refractivity (Wildman–Crippen MR) is 95.6 cm³/mol. The first-order valence-corrected chi connectivity index (χ1v) is 8.37. The average Bonchev–Trinajstić information content (AvgIpc) is 3.09. The lowest BCUT2D eigenvalue weighted by atomic mass is 10.1. The van der Waals surface area contributed by atoms with Crippen LogP contribution in [-0.2, 0) is 6.18 Å². The van der Waals surface area contributed by atoms with E-state index in [1.54, 1.807) is 35.7 Å². The summed E-state index contributed by atoms with van der Waals surface area (Å²) in [7, 11) is 0. The number of thiazole rings is 1. The first-order chi connectivity index (χ1) is 13.2. The molecule has 1 aromatic heterocycles. The monoisotopic (exact) mass is 410 g/mol. The molecule has 0 aliphatic heterocycles. The number of hydrogen-bond acceptors (Lipinski definition) is 7. The molecule has 12 heteroatoms. The summed E-state index contributed by atoms with van der Waals surface area (Å²) in [6.45, 7) is 0. The first-order valence-electron chi connectivity index (χ1n) is 7.49. The summed E-state index contributed by atoms with van der Waals surface area (Å²) < 4.78 is 38.8. The summed E-state index contributed by atoms with van der Waals surface area (Å²) in [6, 6.07) is 9.37. The van der Waals surface area contributed by atoms with Crippen LogP contribution in [0.3, 0.4) is 0 Å². The van der Waals surface area contributed by atoms with Crippen molar-refractivity contribution < 1.29 is 23.0 Å². The van der Waals surface area contributed by atoms with Crippen LogP contribution in [0.25, 0.3) is 11.3 Å². The van der Waals surface area contributed by atoms with Gasteiger partial charge in [-0.1, -0.05) is 30.3 Å². The first kappa shape index (κ1) is 19.2. The molecule has 0 aliphatic carbocycles.